The summed E-state index contributed by atoms with van der Waals surface area (Å²) in [5.41, 5.74) is 8.96. The van der Waals surface area contributed by atoms with Gasteiger partial charge in [-0.1, -0.05) is 29.8 Å². The van der Waals surface area contributed by atoms with Crippen molar-refractivity contribution in [3.63, 3.8) is 0 Å². The fraction of sp³-hybridized carbons (Fsp3) is 0.647. The Hall–Kier alpha value is -0.900. The highest BCUT2D eigenvalue weighted by molar-refractivity contribution is 5.26. The molecule has 2 rings (SSSR count). The first-order chi connectivity index (χ1) is 9.49. The standard InChI is InChI=1S/C17H29N3/c1-13-6-5-7-15(12-13)17(14(2)18)20(4)16-8-10-19(3)11-9-16/h5-7,12,14,16-17H,8-11,18H2,1-4H3. The van der Waals surface area contributed by atoms with Gasteiger partial charge in [-0.25, -0.2) is 0 Å². The van der Waals surface area contributed by atoms with E-state index in [-0.39, 0.29) is 6.04 Å². The number of hydrogen-bond donors (Lipinski definition) is 1. The predicted molar refractivity (Wildman–Crippen MR) is 85.9 cm³/mol. The van der Waals surface area contributed by atoms with Crippen molar-refractivity contribution < 1.29 is 0 Å². The molecule has 1 aromatic rings. The third-order valence-electron chi connectivity index (χ3n) is 4.58. The van der Waals surface area contributed by atoms with E-state index in [4.69, 9.17) is 5.73 Å². The van der Waals surface area contributed by atoms with Gasteiger partial charge in [0.15, 0.2) is 0 Å². The van der Waals surface area contributed by atoms with Crippen LogP contribution in [0.3, 0.4) is 0 Å². The lowest BCUT2D eigenvalue weighted by atomic mass is 9.94. The van der Waals surface area contributed by atoms with Crippen LogP contribution in [0.2, 0.25) is 0 Å². The normalized spacial score (nSPS) is 21.1. The van der Waals surface area contributed by atoms with Crippen LogP contribution >= 0.6 is 0 Å². The Morgan fingerprint density at radius 1 is 1.30 bits per heavy atom. The van der Waals surface area contributed by atoms with Gasteiger partial charge in [-0.05, 0) is 59.4 Å². The van der Waals surface area contributed by atoms with Crippen molar-refractivity contribution >= 4 is 0 Å². The molecule has 2 unspecified atom stereocenters. The van der Waals surface area contributed by atoms with Gasteiger partial charge in [0.25, 0.3) is 0 Å². The highest BCUT2D eigenvalue weighted by Gasteiger charge is 2.29. The summed E-state index contributed by atoms with van der Waals surface area (Å²) in [5, 5.41) is 0. The molecule has 0 aliphatic carbocycles. The van der Waals surface area contributed by atoms with E-state index in [9.17, 15) is 0 Å². The third-order valence-corrected chi connectivity index (χ3v) is 4.58. The Morgan fingerprint density at radius 2 is 1.95 bits per heavy atom. The zero-order chi connectivity index (χ0) is 14.7. The van der Waals surface area contributed by atoms with Gasteiger partial charge < -0.3 is 10.6 Å². The first-order valence-corrected chi connectivity index (χ1v) is 7.71. The molecule has 1 fully saturated rings. The van der Waals surface area contributed by atoms with Crippen LogP contribution in [0.4, 0.5) is 0 Å². The van der Waals surface area contributed by atoms with E-state index in [1.54, 1.807) is 0 Å². The molecular formula is C17H29N3. The van der Waals surface area contributed by atoms with Gasteiger partial charge in [0.05, 0.1) is 0 Å². The lowest BCUT2D eigenvalue weighted by molar-refractivity contribution is 0.0969. The number of nitrogens with zero attached hydrogens (tertiary/aromatic N) is 2. The van der Waals surface area contributed by atoms with Gasteiger partial charge >= 0.3 is 0 Å². The van der Waals surface area contributed by atoms with Crippen molar-refractivity contribution in [3.8, 4) is 0 Å². The summed E-state index contributed by atoms with van der Waals surface area (Å²) in [6.45, 7) is 6.65. The minimum absolute atomic E-state index is 0.140. The Kier molecular flexibility index (Phi) is 5.19. The molecule has 20 heavy (non-hydrogen) atoms. The van der Waals surface area contributed by atoms with Crippen LogP contribution in [-0.4, -0.2) is 49.1 Å². The lowest BCUT2D eigenvalue weighted by Gasteiger charge is -2.41. The zero-order valence-electron chi connectivity index (χ0n) is 13.3. The number of likely N-dealkylation sites (tertiary alicyclic amines) is 1. The molecule has 3 heteroatoms. The molecule has 3 nitrogen and oxygen atoms in total. The highest BCUT2D eigenvalue weighted by Crippen LogP contribution is 2.28. The zero-order valence-corrected chi connectivity index (χ0v) is 13.3. The van der Waals surface area contributed by atoms with E-state index in [2.05, 4.69) is 62.0 Å². The average Bonchev–Trinajstić information content (AvgIpc) is 2.39. The minimum atomic E-state index is 0.140. The molecule has 0 spiro atoms. The quantitative estimate of drug-likeness (QED) is 0.916. The lowest BCUT2D eigenvalue weighted by Crippen LogP contribution is -2.47. The van der Waals surface area contributed by atoms with Gasteiger partial charge in [-0.2, -0.15) is 0 Å². The predicted octanol–water partition coefficient (Wildman–Crippen LogP) is 2.41. The molecule has 1 aromatic carbocycles. The first kappa shape index (κ1) is 15.5. The second kappa shape index (κ2) is 6.70. The second-order valence-electron chi connectivity index (χ2n) is 6.42. The maximum absolute atomic E-state index is 6.30. The van der Waals surface area contributed by atoms with Crippen LogP contribution in [0.25, 0.3) is 0 Å². The number of nitrogens with two attached hydrogens (primary N) is 1. The average molecular weight is 275 g/mol. The summed E-state index contributed by atoms with van der Waals surface area (Å²) in [6, 6.07) is 9.87. The van der Waals surface area contributed by atoms with E-state index in [1.807, 2.05) is 0 Å². The molecule has 0 amide bonds. The van der Waals surface area contributed by atoms with Crippen LogP contribution in [0.5, 0.6) is 0 Å². The number of benzene rings is 1. The molecule has 0 saturated carbocycles. The summed E-state index contributed by atoms with van der Waals surface area (Å²) in [5.74, 6) is 0. The summed E-state index contributed by atoms with van der Waals surface area (Å²) >= 11 is 0. The summed E-state index contributed by atoms with van der Waals surface area (Å²) in [4.78, 5) is 4.92. The Labute approximate surface area is 123 Å². The maximum Gasteiger partial charge on any atom is 0.0496 e. The molecule has 0 radical (unpaired) electrons. The maximum atomic E-state index is 6.30. The molecule has 1 heterocycles. The largest absolute Gasteiger partial charge is 0.326 e. The van der Waals surface area contributed by atoms with Crippen LogP contribution in [0, 0.1) is 6.92 Å². The number of piperidine rings is 1. The molecule has 0 bridgehead atoms. The van der Waals surface area contributed by atoms with Crippen molar-refractivity contribution in [1.29, 1.82) is 0 Å². The van der Waals surface area contributed by atoms with E-state index < -0.39 is 0 Å². The molecule has 1 aliphatic heterocycles. The van der Waals surface area contributed by atoms with Gasteiger partial charge in [0, 0.05) is 18.1 Å². The topological polar surface area (TPSA) is 32.5 Å². The van der Waals surface area contributed by atoms with Crippen molar-refractivity contribution in [1.82, 2.24) is 9.80 Å². The summed E-state index contributed by atoms with van der Waals surface area (Å²) in [6.07, 6.45) is 2.48. The van der Waals surface area contributed by atoms with E-state index in [0.717, 1.165) is 0 Å². The van der Waals surface area contributed by atoms with Crippen molar-refractivity contribution in [2.75, 3.05) is 27.2 Å². The fourth-order valence-electron chi connectivity index (χ4n) is 3.39. The monoisotopic (exact) mass is 275 g/mol. The van der Waals surface area contributed by atoms with Gasteiger partial charge in [-0.15, -0.1) is 0 Å². The van der Waals surface area contributed by atoms with Crippen LogP contribution in [0.1, 0.15) is 36.9 Å². The molecular weight excluding hydrogens is 246 g/mol. The van der Waals surface area contributed by atoms with Crippen LogP contribution in [-0.2, 0) is 0 Å². The number of rotatable bonds is 4. The third kappa shape index (κ3) is 3.60. The Morgan fingerprint density at radius 3 is 2.50 bits per heavy atom. The number of hydrogen-bond acceptors (Lipinski definition) is 3. The summed E-state index contributed by atoms with van der Waals surface area (Å²) in [7, 11) is 4.45. The molecule has 2 N–H and O–H groups in total. The smallest absolute Gasteiger partial charge is 0.0496 e. The molecule has 112 valence electrons. The van der Waals surface area contributed by atoms with Crippen molar-refractivity contribution in [3.05, 3.63) is 35.4 Å². The van der Waals surface area contributed by atoms with Gasteiger partial charge in [0.1, 0.15) is 0 Å². The van der Waals surface area contributed by atoms with Crippen molar-refractivity contribution in [2.45, 2.75) is 44.8 Å². The fourth-order valence-corrected chi connectivity index (χ4v) is 3.39. The van der Waals surface area contributed by atoms with E-state index in [0.29, 0.717) is 12.1 Å². The van der Waals surface area contributed by atoms with Crippen LogP contribution in [0.15, 0.2) is 24.3 Å². The SMILES string of the molecule is Cc1cccc(C(C(C)N)N(C)C2CCN(C)CC2)c1. The molecule has 2 atom stereocenters. The first-order valence-electron chi connectivity index (χ1n) is 7.71. The van der Waals surface area contributed by atoms with Crippen LogP contribution < -0.4 is 5.73 Å². The van der Waals surface area contributed by atoms with Gasteiger partial charge in [-0.3, -0.25) is 4.90 Å². The Bertz CT molecular complexity index is 422. The minimum Gasteiger partial charge on any atom is -0.326 e. The second-order valence-corrected chi connectivity index (χ2v) is 6.42. The molecule has 1 aliphatic rings. The highest BCUT2D eigenvalue weighted by atomic mass is 15.2. The number of aryl methyl sites for hydroxylation is 1. The number of likely N-dealkylation sites (N-methyl/N-ethyl adjacent to an activating group) is 1. The van der Waals surface area contributed by atoms with Crippen molar-refractivity contribution in [2.24, 2.45) is 5.73 Å². The summed E-state index contributed by atoms with van der Waals surface area (Å²) < 4.78 is 0. The van der Waals surface area contributed by atoms with Gasteiger partial charge in [0.2, 0.25) is 0 Å². The van der Waals surface area contributed by atoms with E-state index >= 15 is 0 Å². The molecule has 0 aromatic heterocycles. The molecule has 1 saturated heterocycles. The van der Waals surface area contributed by atoms with E-state index in [1.165, 1.54) is 37.1 Å². The Balaban J connectivity index is 2.16.